The van der Waals surface area contributed by atoms with Gasteiger partial charge >= 0.3 is 0 Å². The normalized spacial score (nSPS) is 33.2. The predicted molar refractivity (Wildman–Crippen MR) is 134 cm³/mol. The Morgan fingerprint density at radius 3 is 2.57 bits per heavy atom. The zero-order valence-electron chi connectivity index (χ0n) is 22.3. The van der Waals surface area contributed by atoms with Crippen LogP contribution in [0.25, 0.3) is 0 Å². The number of likely N-dealkylation sites (tertiary alicyclic amines) is 1. The summed E-state index contributed by atoms with van der Waals surface area (Å²) >= 11 is 0. The molecular weight excluding hydrogens is 474 g/mol. The Balaban J connectivity index is 1.71. The molecule has 3 saturated heterocycles. The van der Waals surface area contributed by atoms with Crippen molar-refractivity contribution in [1.29, 1.82) is 5.26 Å². The average molecular weight is 516 g/mol. The summed E-state index contributed by atoms with van der Waals surface area (Å²) in [6.45, 7) is 7.00. The summed E-state index contributed by atoms with van der Waals surface area (Å²) in [6, 6.07) is 1.38. The fourth-order valence-corrected chi connectivity index (χ4v) is 7.13. The Hall–Kier alpha value is -2.67. The van der Waals surface area contributed by atoms with E-state index < -0.39 is 46.7 Å². The molecule has 37 heavy (non-hydrogen) atoms. The van der Waals surface area contributed by atoms with Crippen molar-refractivity contribution >= 4 is 23.6 Å². The molecule has 4 fully saturated rings. The van der Waals surface area contributed by atoms with E-state index in [1.165, 1.54) is 4.90 Å². The maximum atomic E-state index is 14.3. The maximum absolute atomic E-state index is 14.3. The van der Waals surface area contributed by atoms with Crippen LogP contribution in [0, 0.1) is 40.4 Å². The molecule has 204 valence electrons. The van der Waals surface area contributed by atoms with E-state index in [0.717, 1.165) is 25.7 Å². The molecule has 3 heterocycles. The minimum atomic E-state index is -1.52. The van der Waals surface area contributed by atoms with Gasteiger partial charge in [-0.1, -0.05) is 27.2 Å². The van der Waals surface area contributed by atoms with Crippen LogP contribution in [-0.2, 0) is 23.9 Å². The van der Waals surface area contributed by atoms with Gasteiger partial charge in [0.05, 0.1) is 12.0 Å². The number of hydrogen-bond donors (Lipinski definition) is 3. The topological polar surface area (TPSA) is 155 Å². The molecule has 10 nitrogen and oxygen atoms in total. The highest BCUT2D eigenvalue weighted by Crippen LogP contribution is 2.53. The molecule has 10 heteroatoms. The lowest BCUT2D eigenvalue weighted by atomic mass is 9.68. The number of primary amides is 1. The lowest BCUT2D eigenvalue weighted by Crippen LogP contribution is -2.67. The molecule has 0 radical (unpaired) electrons. The van der Waals surface area contributed by atoms with Gasteiger partial charge in [-0.15, -0.1) is 0 Å². The minimum Gasteiger partial charge on any atom is -0.368 e. The Morgan fingerprint density at radius 2 is 1.97 bits per heavy atom. The summed E-state index contributed by atoms with van der Waals surface area (Å²) in [6.07, 6.45) is 4.79. The highest BCUT2D eigenvalue weighted by molar-refractivity contribution is 5.96. The van der Waals surface area contributed by atoms with E-state index in [-0.39, 0.29) is 30.1 Å². The Labute approximate surface area is 219 Å². The number of carbonyl (C=O) groups is 4. The van der Waals surface area contributed by atoms with Crippen LogP contribution in [0.5, 0.6) is 0 Å². The summed E-state index contributed by atoms with van der Waals surface area (Å²) in [4.78, 5) is 54.9. The molecule has 0 aromatic carbocycles. The smallest absolute Gasteiger partial charge is 0.249 e. The number of rotatable bonds is 7. The van der Waals surface area contributed by atoms with Crippen LogP contribution in [0.15, 0.2) is 0 Å². The number of carbonyl (C=O) groups excluding carboxylic acids is 4. The van der Waals surface area contributed by atoms with Crippen LogP contribution in [-0.4, -0.2) is 65.9 Å². The molecule has 4 amide bonds. The molecule has 1 aliphatic carbocycles. The maximum Gasteiger partial charge on any atom is 0.249 e. The van der Waals surface area contributed by atoms with Gasteiger partial charge < -0.3 is 26.0 Å². The van der Waals surface area contributed by atoms with Gasteiger partial charge in [0.15, 0.2) is 0 Å². The van der Waals surface area contributed by atoms with E-state index in [1.807, 2.05) is 20.8 Å². The van der Waals surface area contributed by atoms with E-state index in [2.05, 4.69) is 16.7 Å². The summed E-state index contributed by atoms with van der Waals surface area (Å²) in [5.74, 6) is -3.11. The largest absolute Gasteiger partial charge is 0.368 e. The standard InChI is InChI=1S/C27H41N5O5/c1-26(2,3)21(31-23(34)20-10-6-12-37-20)24(35)32-15-17-7-4-9-19(17)27(32,25(29)36)18(14-28)13-16-8-5-11-30-22(16)33/h16-21H,4-13,15H2,1-3H3,(H2,29,36)(H,30,33)(H,31,34)/t16-,17?,18+,19?,20?,21+,27?/m0/s1. The van der Waals surface area contributed by atoms with Gasteiger partial charge in [0.2, 0.25) is 23.6 Å². The number of nitrogens with zero attached hydrogens (tertiary/aromatic N) is 2. The zero-order valence-corrected chi connectivity index (χ0v) is 22.3. The fraction of sp³-hybridized carbons (Fsp3) is 0.815. The van der Waals surface area contributed by atoms with Gasteiger partial charge in [0, 0.05) is 25.6 Å². The van der Waals surface area contributed by atoms with Crippen LogP contribution in [0.2, 0.25) is 0 Å². The monoisotopic (exact) mass is 515 g/mol. The van der Waals surface area contributed by atoms with Gasteiger partial charge in [-0.3, -0.25) is 19.2 Å². The molecule has 0 bridgehead atoms. The first-order valence-corrected chi connectivity index (χ1v) is 13.7. The first-order valence-electron chi connectivity index (χ1n) is 13.7. The quantitative estimate of drug-likeness (QED) is 0.463. The van der Waals surface area contributed by atoms with Crippen molar-refractivity contribution in [3.8, 4) is 6.07 Å². The van der Waals surface area contributed by atoms with E-state index >= 15 is 0 Å². The van der Waals surface area contributed by atoms with Crippen molar-refractivity contribution in [3.63, 3.8) is 0 Å². The molecule has 7 atom stereocenters. The number of hydrogen-bond acceptors (Lipinski definition) is 6. The molecule has 4 unspecified atom stereocenters. The number of piperidine rings is 1. The lowest BCUT2D eigenvalue weighted by Gasteiger charge is -2.46. The van der Waals surface area contributed by atoms with Gasteiger partial charge in [-0.2, -0.15) is 5.26 Å². The molecule has 4 N–H and O–H groups in total. The van der Waals surface area contributed by atoms with E-state index in [1.54, 1.807) is 0 Å². The van der Waals surface area contributed by atoms with Crippen molar-refractivity contribution in [1.82, 2.24) is 15.5 Å². The fourth-order valence-electron chi connectivity index (χ4n) is 7.13. The predicted octanol–water partition coefficient (Wildman–Crippen LogP) is 1.23. The number of nitrogens with one attached hydrogen (secondary N) is 2. The SMILES string of the molecule is CC(C)(C)[C@H](NC(=O)C1CCCO1)C(=O)N1CC2CCCC2C1(C(N)=O)[C@@H](C#N)C[C@@H]1CCCNC1=O. The van der Waals surface area contributed by atoms with Crippen LogP contribution < -0.4 is 16.4 Å². The number of nitrogens with two attached hydrogens (primary N) is 1. The van der Waals surface area contributed by atoms with Gasteiger partial charge in [-0.05, 0) is 62.2 Å². The van der Waals surface area contributed by atoms with Crippen LogP contribution >= 0.6 is 0 Å². The van der Waals surface area contributed by atoms with E-state index in [0.29, 0.717) is 39.0 Å². The Bertz CT molecular complexity index is 965. The molecule has 1 saturated carbocycles. The van der Waals surface area contributed by atoms with Crippen molar-refractivity contribution < 1.29 is 23.9 Å². The third-order valence-electron chi connectivity index (χ3n) is 8.98. The Morgan fingerprint density at radius 1 is 1.22 bits per heavy atom. The highest BCUT2D eigenvalue weighted by atomic mass is 16.5. The van der Waals surface area contributed by atoms with E-state index in [9.17, 15) is 24.4 Å². The summed E-state index contributed by atoms with van der Waals surface area (Å²) in [5.41, 5.74) is 3.96. The number of amides is 4. The third-order valence-corrected chi connectivity index (χ3v) is 8.98. The first kappa shape index (κ1) is 27.4. The average Bonchev–Trinajstić information content (AvgIpc) is 3.58. The second-order valence-corrected chi connectivity index (χ2v) is 12.3. The molecule has 0 aromatic heterocycles. The first-order chi connectivity index (χ1) is 17.5. The number of fused-ring (bicyclic) bond motifs is 1. The second-order valence-electron chi connectivity index (χ2n) is 12.3. The van der Waals surface area contributed by atoms with Crippen LogP contribution in [0.1, 0.15) is 72.1 Å². The van der Waals surface area contributed by atoms with Crippen molar-refractivity contribution in [2.45, 2.75) is 89.8 Å². The minimum absolute atomic E-state index is 0.0435. The van der Waals surface area contributed by atoms with Gasteiger partial charge in [0.25, 0.3) is 0 Å². The van der Waals surface area contributed by atoms with Crippen molar-refractivity contribution in [2.75, 3.05) is 19.7 Å². The molecule has 0 aromatic rings. The number of nitriles is 1. The zero-order chi connectivity index (χ0) is 27.0. The molecular formula is C27H41N5O5. The van der Waals surface area contributed by atoms with Gasteiger partial charge in [-0.25, -0.2) is 0 Å². The van der Waals surface area contributed by atoms with E-state index in [4.69, 9.17) is 10.5 Å². The van der Waals surface area contributed by atoms with Gasteiger partial charge in [0.1, 0.15) is 17.7 Å². The molecule has 3 aliphatic heterocycles. The Kier molecular flexibility index (Phi) is 7.84. The second kappa shape index (κ2) is 10.6. The number of ether oxygens (including phenoxy) is 1. The summed E-state index contributed by atoms with van der Waals surface area (Å²) < 4.78 is 5.53. The highest BCUT2D eigenvalue weighted by Gasteiger charge is 2.65. The molecule has 0 spiro atoms. The lowest BCUT2D eigenvalue weighted by molar-refractivity contribution is -0.154. The van der Waals surface area contributed by atoms with Crippen molar-refractivity contribution in [3.05, 3.63) is 0 Å². The van der Waals surface area contributed by atoms with Crippen LogP contribution in [0.3, 0.4) is 0 Å². The molecule has 4 rings (SSSR count). The summed E-state index contributed by atoms with van der Waals surface area (Å²) in [7, 11) is 0. The van der Waals surface area contributed by atoms with Crippen molar-refractivity contribution in [2.24, 2.45) is 34.8 Å². The molecule has 4 aliphatic rings. The van der Waals surface area contributed by atoms with Crippen LogP contribution in [0.4, 0.5) is 0 Å². The summed E-state index contributed by atoms with van der Waals surface area (Å²) in [5, 5.41) is 16.2. The third kappa shape index (κ3) is 4.95.